The van der Waals surface area contributed by atoms with Crippen molar-refractivity contribution in [2.45, 2.75) is 36.5 Å². The maximum Gasteiger partial charge on any atom is 0.362 e. The molecule has 0 amide bonds. The molecule has 1 atom stereocenters. The molecule has 1 unspecified atom stereocenters. The third-order valence-corrected chi connectivity index (χ3v) is 4.26. The second kappa shape index (κ2) is 5.89. The molecule has 108 valence electrons. The molecular formula is C15H19NO3S. The zero-order valence-corrected chi connectivity index (χ0v) is 12.9. The zero-order valence-electron chi connectivity index (χ0n) is 12.1. The summed E-state index contributed by atoms with van der Waals surface area (Å²) < 4.78 is 5.09. The fourth-order valence-corrected chi connectivity index (χ4v) is 2.81. The van der Waals surface area contributed by atoms with E-state index < -0.39 is 11.6 Å². The van der Waals surface area contributed by atoms with Crippen molar-refractivity contribution < 1.29 is 14.4 Å². The molecule has 1 N–H and O–H groups in total. The highest BCUT2D eigenvalue weighted by Gasteiger charge is 2.30. The first kappa shape index (κ1) is 14.9. The lowest BCUT2D eigenvalue weighted by Crippen LogP contribution is -2.38. The van der Waals surface area contributed by atoms with E-state index in [-0.39, 0.29) is 0 Å². The van der Waals surface area contributed by atoms with Crippen molar-refractivity contribution in [1.29, 1.82) is 0 Å². The highest BCUT2D eigenvalue weighted by atomic mass is 32.2. The Morgan fingerprint density at radius 2 is 2.05 bits per heavy atom. The predicted octanol–water partition coefficient (Wildman–Crippen LogP) is 2.99. The van der Waals surface area contributed by atoms with Crippen molar-refractivity contribution in [3.63, 3.8) is 0 Å². The molecule has 4 nitrogen and oxygen atoms in total. The first-order valence-corrected chi connectivity index (χ1v) is 7.32. The number of carbonyl (C=O) groups excluding carboxylic acids is 1. The Labute approximate surface area is 123 Å². The number of hydroxylamine groups is 1. The van der Waals surface area contributed by atoms with Crippen molar-refractivity contribution in [2.75, 3.05) is 7.11 Å². The number of rotatable bonds is 4. The van der Waals surface area contributed by atoms with Gasteiger partial charge in [0.1, 0.15) is 0 Å². The maximum absolute atomic E-state index is 11.9. The molecule has 1 aliphatic heterocycles. The minimum absolute atomic E-state index is 0.321. The van der Waals surface area contributed by atoms with Crippen LogP contribution in [0.3, 0.4) is 0 Å². The number of hydrogen-bond acceptors (Lipinski definition) is 5. The van der Waals surface area contributed by atoms with Crippen LogP contribution in [-0.2, 0) is 14.4 Å². The van der Waals surface area contributed by atoms with E-state index in [2.05, 4.69) is 18.5 Å². The fourth-order valence-electron chi connectivity index (χ4n) is 1.75. The fraction of sp³-hybridized carbons (Fsp3) is 0.400. The number of fused-ring (bicyclic) bond motifs is 1. The van der Waals surface area contributed by atoms with Gasteiger partial charge in [0.25, 0.3) is 0 Å². The minimum Gasteiger partial charge on any atom is -0.367 e. The lowest BCUT2D eigenvalue weighted by Gasteiger charge is -2.24. The standard InChI is InChI=1S/C15H19NO3S/c1-10-9-12(11-7-5-6-8-13(11)20-10)16-19-14(17)15(2,3)18-4/h5-10,16H,1-4H3. The van der Waals surface area contributed by atoms with E-state index in [1.54, 1.807) is 25.6 Å². The van der Waals surface area contributed by atoms with Crippen LogP contribution in [0.4, 0.5) is 0 Å². The van der Waals surface area contributed by atoms with Gasteiger partial charge >= 0.3 is 5.97 Å². The van der Waals surface area contributed by atoms with E-state index in [4.69, 9.17) is 9.57 Å². The van der Waals surface area contributed by atoms with Crippen LogP contribution < -0.4 is 5.48 Å². The summed E-state index contributed by atoms with van der Waals surface area (Å²) >= 11 is 1.78. The van der Waals surface area contributed by atoms with E-state index in [0.29, 0.717) is 5.25 Å². The van der Waals surface area contributed by atoms with Crippen LogP contribution in [-0.4, -0.2) is 23.9 Å². The monoisotopic (exact) mass is 293 g/mol. The van der Waals surface area contributed by atoms with Gasteiger partial charge in [0.05, 0.1) is 5.70 Å². The molecule has 0 bridgehead atoms. The third kappa shape index (κ3) is 3.16. The molecule has 0 saturated carbocycles. The second-order valence-corrected chi connectivity index (χ2v) is 6.52. The van der Waals surface area contributed by atoms with Crippen LogP contribution in [0.15, 0.2) is 35.2 Å². The first-order chi connectivity index (χ1) is 9.44. The first-order valence-electron chi connectivity index (χ1n) is 6.44. The zero-order chi connectivity index (χ0) is 14.8. The molecule has 1 aromatic carbocycles. The summed E-state index contributed by atoms with van der Waals surface area (Å²) in [5.41, 5.74) is 3.65. The van der Waals surface area contributed by atoms with Crippen LogP contribution in [0.2, 0.25) is 0 Å². The Kier molecular flexibility index (Phi) is 4.40. The topological polar surface area (TPSA) is 47.6 Å². The Morgan fingerprint density at radius 3 is 2.75 bits per heavy atom. The Balaban J connectivity index is 2.11. The van der Waals surface area contributed by atoms with Gasteiger partial charge in [-0.25, -0.2) is 10.3 Å². The molecule has 0 radical (unpaired) electrons. The summed E-state index contributed by atoms with van der Waals surface area (Å²) in [5.74, 6) is -0.454. The number of methoxy groups -OCH3 is 1. The molecule has 0 saturated heterocycles. The molecule has 1 aliphatic rings. The van der Waals surface area contributed by atoms with Gasteiger partial charge in [0.15, 0.2) is 5.60 Å². The van der Waals surface area contributed by atoms with Crippen molar-refractivity contribution in [3.8, 4) is 0 Å². The van der Waals surface area contributed by atoms with Gasteiger partial charge in [-0.2, -0.15) is 0 Å². The molecule has 0 aliphatic carbocycles. The van der Waals surface area contributed by atoms with E-state index >= 15 is 0 Å². The number of thioether (sulfide) groups is 1. The smallest absolute Gasteiger partial charge is 0.362 e. The summed E-state index contributed by atoms with van der Waals surface area (Å²) in [7, 11) is 1.48. The van der Waals surface area contributed by atoms with Crippen molar-refractivity contribution in [2.24, 2.45) is 0 Å². The highest BCUT2D eigenvalue weighted by Crippen LogP contribution is 2.36. The van der Waals surface area contributed by atoms with Gasteiger partial charge in [-0.15, -0.1) is 11.8 Å². The SMILES string of the molecule is COC(C)(C)C(=O)ONC1=CC(C)Sc2ccccc21. The number of nitrogens with one attached hydrogen (secondary N) is 1. The molecule has 0 fully saturated rings. The number of hydrogen-bond donors (Lipinski definition) is 1. The van der Waals surface area contributed by atoms with Gasteiger partial charge in [-0.1, -0.05) is 18.2 Å². The van der Waals surface area contributed by atoms with Crippen LogP contribution >= 0.6 is 11.8 Å². The highest BCUT2D eigenvalue weighted by molar-refractivity contribution is 8.00. The Morgan fingerprint density at radius 1 is 1.35 bits per heavy atom. The normalized spacial score (nSPS) is 18.0. The van der Waals surface area contributed by atoms with Crippen LogP contribution in [0.25, 0.3) is 5.70 Å². The van der Waals surface area contributed by atoms with E-state index in [9.17, 15) is 4.79 Å². The molecule has 2 rings (SSSR count). The van der Waals surface area contributed by atoms with Crippen LogP contribution in [0, 0.1) is 0 Å². The molecule has 1 heterocycles. The molecule has 0 aromatic heterocycles. The van der Waals surface area contributed by atoms with Crippen molar-refractivity contribution in [1.82, 2.24) is 5.48 Å². The van der Waals surface area contributed by atoms with Gasteiger partial charge in [-0.3, -0.25) is 0 Å². The van der Waals surface area contributed by atoms with Gasteiger partial charge in [0.2, 0.25) is 0 Å². The van der Waals surface area contributed by atoms with Crippen LogP contribution in [0.5, 0.6) is 0 Å². The van der Waals surface area contributed by atoms with Crippen molar-refractivity contribution in [3.05, 3.63) is 35.9 Å². The number of ether oxygens (including phenoxy) is 1. The second-order valence-electron chi connectivity index (χ2n) is 5.11. The lowest BCUT2D eigenvalue weighted by atomic mass is 10.1. The number of benzene rings is 1. The van der Waals surface area contributed by atoms with Gasteiger partial charge in [-0.05, 0) is 32.9 Å². The Bertz CT molecular complexity index is 540. The summed E-state index contributed by atoms with van der Waals surface area (Å²) in [6.07, 6.45) is 2.04. The summed E-state index contributed by atoms with van der Waals surface area (Å²) in [6.45, 7) is 5.43. The van der Waals surface area contributed by atoms with E-state index in [1.807, 2.05) is 24.3 Å². The van der Waals surface area contributed by atoms with E-state index in [0.717, 1.165) is 11.3 Å². The third-order valence-electron chi connectivity index (χ3n) is 3.15. The molecule has 5 heteroatoms. The largest absolute Gasteiger partial charge is 0.367 e. The number of carbonyl (C=O) groups is 1. The van der Waals surface area contributed by atoms with Gasteiger partial charge < -0.3 is 9.57 Å². The quantitative estimate of drug-likeness (QED) is 0.865. The summed E-state index contributed by atoms with van der Waals surface area (Å²) in [6, 6.07) is 8.03. The lowest BCUT2D eigenvalue weighted by molar-refractivity contribution is -0.169. The summed E-state index contributed by atoms with van der Waals surface area (Å²) in [5, 5.41) is 0.321. The average molecular weight is 293 g/mol. The predicted molar refractivity (Wildman–Crippen MR) is 80.1 cm³/mol. The average Bonchev–Trinajstić information content (AvgIpc) is 2.44. The molecule has 0 spiro atoms. The Hall–Kier alpha value is -1.46. The van der Waals surface area contributed by atoms with Crippen LogP contribution in [0.1, 0.15) is 26.3 Å². The van der Waals surface area contributed by atoms with Gasteiger partial charge in [0, 0.05) is 22.8 Å². The van der Waals surface area contributed by atoms with E-state index in [1.165, 1.54) is 12.0 Å². The minimum atomic E-state index is -0.970. The molecule has 1 aromatic rings. The summed E-state index contributed by atoms with van der Waals surface area (Å²) in [4.78, 5) is 18.2. The molecular weight excluding hydrogens is 274 g/mol. The maximum atomic E-state index is 11.9. The van der Waals surface area contributed by atoms with Crippen molar-refractivity contribution >= 4 is 23.4 Å². The molecule has 20 heavy (non-hydrogen) atoms.